The van der Waals surface area contributed by atoms with E-state index in [0.717, 1.165) is 53.9 Å². The van der Waals surface area contributed by atoms with E-state index in [9.17, 15) is 18.0 Å². The minimum Gasteiger partial charge on any atom is -0.324 e. The monoisotopic (exact) mass is 540 g/mol. The standard InChI is InChI=1S/C27H24ClF3N6O/c1-15-32-25(34-37(15)20-10-4-7-17(13-20)27(29,30)31)26(38)36-19-9-5-11-22(36)23-21(14-19)24(35(2)33-23)16-6-3-8-18(28)12-16/h3-4,6-8,10,12-13,19,22H,5,9,11,14H2,1-2H3. The zero-order valence-electron chi connectivity index (χ0n) is 20.7. The van der Waals surface area contributed by atoms with Crippen molar-refractivity contribution in [1.82, 2.24) is 29.4 Å². The molecular weight excluding hydrogens is 517 g/mol. The molecule has 0 aliphatic carbocycles. The maximum absolute atomic E-state index is 13.8. The van der Waals surface area contributed by atoms with Gasteiger partial charge in [-0.1, -0.05) is 29.8 Å². The largest absolute Gasteiger partial charge is 0.416 e. The summed E-state index contributed by atoms with van der Waals surface area (Å²) in [5.41, 5.74) is 3.35. The fourth-order valence-corrected chi connectivity index (χ4v) is 5.99. The molecule has 1 fully saturated rings. The highest BCUT2D eigenvalue weighted by Gasteiger charge is 2.44. The van der Waals surface area contributed by atoms with Crippen LogP contribution >= 0.6 is 11.6 Å². The average molecular weight is 541 g/mol. The number of benzene rings is 2. The fraction of sp³-hybridized carbons (Fsp3) is 0.333. The van der Waals surface area contributed by atoms with Gasteiger partial charge in [0.15, 0.2) is 0 Å². The van der Waals surface area contributed by atoms with Crippen LogP contribution in [0.1, 0.15) is 58.6 Å². The third-order valence-corrected chi connectivity index (χ3v) is 7.62. The molecule has 1 saturated heterocycles. The molecular formula is C27H24ClF3N6O. The summed E-state index contributed by atoms with van der Waals surface area (Å²) in [6.07, 6.45) is -1.29. The number of fused-ring (bicyclic) bond motifs is 4. The predicted octanol–water partition coefficient (Wildman–Crippen LogP) is 5.94. The number of hydrogen-bond acceptors (Lipinski definition) is 4. The highest BCUT2D eigenvalue weighted by Crippen LogP contribution is 2.45. The molecule has 0 saturated carbocycles. The van der Waals surface area contributed by atoms with Gasteiger partial charge in [-0.25, -0.2) is 9.67 Å². The molecule has 2 aliphatic heterocycles. The summed E-state index contributed by atoms with van der Waals surface area (Å²) in [7, 11) is 1.90. The number of alkyl halides is 3. The van der Waals surface area contributed by atoms with Crippen LogP contribution in [0, 0.1) is 6.92 Å². The number of hydrogen-bond donors (Lipinski definition) is 0. The highest BCUT2D eigenvalue weighted by atomic mass is 35.5. The van der Waals surface area contributed by atoms with E-state index >= 15 is 0 Å². The number of piperidine rings is 1. The van der Waals surface area contributed by atoms with Crippen molar-refractivity contribution in [2.45, 2.75) is 50.9 Å². The van der Waals surface area contributed by atoms with Gasteiger partial charge in [-0.2, -0.15) is 18.3 Å². The molecule has 6 rings (SSSR count). The minimum atomic E-state index is -4.49. The molecule has 1 amide bonds. The average Bonchev–Trinajstić information content (AvgIpc) is 3.42. The van der Waals surface area contributed by atoms with Crippen molar-refractivity contribution in [3.8, 4) is 16.9 Å². The Hall–Kier alpha value is -3.66. The van der Waals surface area contributed by atoms with Crippen LogP contribution < -0.4 is 0 Å². The number of aromatic nitrogens is 5. The van der Waals surface area contributed by atoms with E-state index in [0.29, 0.717) is 17.3 Å². The highest BCUT2D eigenvalue weighted by molar-refractivity contribution is 6.30. The SMILES string of the molecule is Cc1nc(C(=O)N2C3CCCC2c2nn(C)c(-c4cccc(Cl)c4)c2C3)nn1-c1cccc(C(F)(F)F)c1. The summed E-state index contributed by atoms with van der Waals surface area (Å²) in [6, 6.07) is 12.2. The molecule has 2 aliphatic rings. The fourth-order valence-electron chi connectivity index (χ4n) is 5.80. The van der Waals surface area contributed by atoms with Crippen LogP contribution in [0.25, 0.3) is 16.9 Å². The molecule has 4 aromatic rings. The number of aryl methyl sites for hydroxylation is 2. The smallest absolute Gasteiger partial charge is 0.324 e. The molecule has 0 spiro atoms. The Balaban J connectivity index is 1.36. The van der Waals surface area contributed by atoms with Crippen LogP contribution in [0.3, 0.4) is 0 Å². The van der Waals surface area contributed by atoms with Crippen LogP contribution in [0.4, 0.5) is 13.2 Å². The van der Waals surface area contributed by atoms with E-state index < -0.39 is 11.7 Å². The zero-order valence-corrected chi connectivity index (χ0v) is 21.5. The lowest BCUT2D eigenvalue weighted by Gasteiger charge is -2.44. The maximum atomic E-state index is 13.8. The van der Waals surface area contributed by atoms with Gasteiger partial charge in [-0.3, -0.25) is 9.48 Å². The molecule has 4 heterocycles. The van der Waals surface area contributed by atoms with Gasteiger partial charge in [0.25, 0.3) is 5.91 Å². The van der Waals surface area contributed by atoms with Crippen molar-refractivity contribution in [2.24, 2.45) is 7.05 Å². The first-order valence-corrected chi connectivity index (χ1v) is 12.8. The van der Waals surface area contributed by atoms with Crippen LogP contribution in [0.5, 0.6) is 0 Å². The van der Waals surface area contributed by atoms with E-state index in [1.54, 1.807) is 6.92 Å². The molecule has 11 heteroatoms. The quantitative estimate of drug-likeness (QED) is 0.322. The summed E-state index contributed by atoms with van der Waals surface area (Å²) in [6.45, 7) is 1.62. The number of carbonyl (C=O) groups excluding carboxylic acids is 1. The van der Waals surface area contributed by atoms with Gasteiger partial charge >= 0.3 is 6.18 Å². The second-order valence-corrected chi connectivity index (χ2v) is 10.2. The van der Waals surface area contributed by atoms with E-state index in [2.05, 4.69) is 10.1 Å². The topological polar surface area (TPSA) is 68.8 Å². The minimum absolute atomic E-state index is 0.0359. The van der Waals surface area contributed by atoms with Gasteiger partial charge < -0.3 is 4.90 Å². The van der Waals surface area contributed by atoms with Gasteiger partial charge in [-0.15, -0.1) is 5.10 Å². The molecule has 0 N–H and O–H groups in total. The Kier molecular flexibility index (Phi) is 5.82. The van der Waals surface area contributed by atoms with Crippen molar-refractivity contribution >= 4 is 17.5 Å². The molecule has 2 aromatic carbocycles. The summed E-state index contributed by atoms with van der Waals surface area (Å²) < 4.78 is 42.9. The summed E-state index contributed by atoms with van der Waals surface area (Å²) >= 11 is 6.26. The van der Waals surface area contributed by atoms with E-state index in [1.165, 1.54) is 16.8 Å². The molecule has 2 aromatic heterocycles. The van der Waals surface area contributed by atoms with Gasteiger partial charge in [0, 0.05) is 29.2 Å². The lowest BCUT2D eigenvalue weighted by Crippen LogP contribution is -2.50. The predicted molar refractivity (Wildman–Crippen MR) is 135 cm³/mol. The first kappa shape index (κ1) is 24.7. The number of halogens is 4. The van der Waals surface area contributed by atoms with E-state index in [1.807, 2.05) is 40.9 Å². The summed E-state index contributed by atoms with van der Waals surface area (Å²) in [4.78, 5) is 20.0. The van der Waals surface area contributed by atoms with E-state index in [-0.39, 0.29) is 29.5 Å². The molecule has 38 heavy (non-hydrogen) atoms. The van der Waals surface area contributed by atoms with Gasteiger partial charge in [0.05, 0.1) is 28.7 Å². The molecule has 196 valence electrons. The van der Waals surface area contributed by atoms with Crippen LogP contribution in [0.2, 0.25) is 5.02 Å². The molecule has 2 unspecified atom stereocenters. The Morgan fingerprint density at radius 1 is 1.08 bits per heavy atom. The van der Waals surface area contributed by atoms with Crippen molar-refractivity contribution in [1.29, 1.82) is 0 Å². The van der Waals surface area contributed by atoms with Crippen molar-refractivity contribution in [3.05, 3.63) is 82.0 Å². The van der Waals surface area contributed by atoms with Gasteiger partial charge in [0.2, 0.25) is 5.82 Å². The normalized spacial score (nSPS) is 18.9. The van der Waals surface area contributed by atoms with Gasteiger partial charge in [-0.05, 0) is 62.9 Å². The third kappa shape index (κ3) is 4.07. The molecule has 2 bridgehead atoms. The Morgan fingerprint density at radius 2 is 1.87 bits per heavy atom. The Bertz CT molecular complexity index is 1560. The van der Waals surface area contributed by atoms with Crippen LogP contribution in [-0.4, -0.2) is 41.4 Å². The van der Waals surface area contributed by atoms with Crippen molar-refractivity contribution < 1.29 is 18.0 Å². The number of carbonyl (C=O) groups is 1. The van der Waals surface area contributed by atoms with E-state index in [4.69, 9.17) is 16.7 Å². The maximum Gasteiger partial charge on any atom is 0.416 e. The van der Waals surface area contributed by atoms with Gasteiger partial charge in [0.1, 0.15) is 5.82 Å². The van der Waals surface area contributed by atoms with Crippen LogP contribution in [-0.2, 0) is 19.6 Å². The van der Waals surface area contributed by atoms with Crippen molar-refractivity contribution in [2.75, 3.05) is 0 Å². The second-order valence-electron chi connectivity index (χ2n) is 9.81. The summed E-state index contributed by atoms with van der Waals surface area (Å²) in [5, 5.41) is 9.82. The third-order valence-electron chi connectivity index (χ3n) is 7.39. The molecule has 7 nitrogen and oxygen atoms in total. The number of rotatable bonds is 3. The Labute approximate surface area is 221 Å². The lowest BCUT2D eigenvalue weighted by molar-refractivity contribution is -0.137. The van der Waals surface area contributed by atoms with Crippen LogP contribution in [0.15, 0.2) is 48.5 Å². The molecule has 0 radical (unpaired) electrons. The first-order valence-electron chi connectivity index (χ1n) is 12.4. The zero-order chi connectivity index (χ0) is 26.8. The summed E-state index contributed by atoms with van der Waals surface area (Å²) in [5.74, 6) is -0.0444. The second kappa shape index (κ2) is 8.97. The number of amides is 1. The van der Waals surface area contributed by atoms with Crippen molar-refractivity contribution in [3.63, 3.8) is 0 Å². The first-order chi connectivity index (χ1) is 18.1. The molecule has 2 atom stereocenters. The lowest BCUT2D eigenvalue weighted by atomic mass is 9.81. The number of nitrogens with zero attached hydrogens (tertiary/aromatic N) is 6. The Morgan fingerprint density at radius 3 is 2.63 bits per heavy atom.